The first-order chi connectivity index (χ1) is 16.9. The minimum Gasteiger partial charge on any atom is -0.454 e. The molecular formula is C30H26BNO3. The molecule has 0 amide bonds. The van der Waals surface area contributed by atoms with Gasteiger partial charge >= 0.3 is 7.12 Å². The van der Waals surface area contributed by atoms with Crippen molar-refractivity contribution in [1.29, 1.82) is 0 Å². The molecule has 1 aliphatic heterocycles. The molecule has 0 spiro atoms. The molecule has 35 heavy (non-hydrogen) atoms. The first-order valence-electron chi connectivity index (χ1n) is 12.1. The van der Waals surface area contributed by atoms with Gasteiger partial charge < -0.3 is 18.3 Å². The molecule has 7 rings (SSSR count). The number of furan rings is 1. The Balaban J connectivity index is 1.64. The van der Waals surface area contributed by atoms with Crippen LogP contribution in [0.4, 0.5) is 0 Å². The molecular weight excluding hydrogens is 433 g/mol. The molecule has 2 aromatic heterocycles. The molecule has 0 atom stereocenters. The van der Waals surface area contributed by atoms with E-state index in [4.69, 9.17) is 13.7 Å². The molecule has 0 radical (unpaired) electrons. The maximum absolute atomic E-state index is 6.52. The Morgan fingerprint density at radius 2 is 1.23 bits per heavy atom. The highest BCUT2D eigenvalue weighted by Crippen LogP contribution is 2.41. The van der Waals surface area contributed by atoms with Crippen molar-refractivity contribution >= 4 is 56.3 Å². The SMILES string of the molecule is CC1(C)OB(c2cccc3c4ccc5c6ccccc6oc5c4n(-c4ccccc4)c23)OC1(C)C. The molecule has 4 aromatic carbocycles. The van der Waals surface area contributed by atoms with E-state index in [1.807, 2.05) is 18.2 Å². The normalized spacial score (nSPS) is 17.3. The van der Waals surface area contributed by atoms with E-state index in [0.717, 1.165) is 54.9 Å². The number of benzene rings is 4. The lowest BCUT2D eigenvalue weighted by atomic mass is 9.77. The van der Waals surface area contributed by atoms with Crippen LogP contribution in [0, 0.1) is 0 Å². The Hall–Kier alpha value is -3.54. The van der Waals surface area contributed by atoms with Gasteiger partial charge in [-0.1, -0.05) is 60.7 Å². The van der Waals surface area contributed by atoms with Gasteiger partial charge in [0.2, 0.25) is 0 Å². The van der Waals surface area contributed by atoms with Crippen molar-refractivity contribution in [2.75, 3.05) is 0 Å². The third kappa shape index (κ3) is 2.83. The van der Waals surface area contributed by atoms with E-state index in [-0.39, 0.29) is 0 Å². The topological polar surface area (TPSA) is 36.5 Å². The van der Waals surface area contributed by atoms with Gasteiger partial charge in [-0.3, -0.25) is 0 Å². The van der Waals surface area contributed by atoms with Gasteiger partial charge in [0.25, 0.3) is 0 Å². The van der Waals surface area contributed by atoms with E-state index in [0.29, 0.717) is 0 Å². The van der Waals surface area contributed by atoms with Crippen molar-refractivity contribution in [2.45, 2.75) is 38.9 Å². The van der Waals surface area contributed by atoms with Gasteiger partial charge in [-0.2, -0.15) is 0 Å². The molecule has 0 N–H and O–H groups in total. The highest BCUT2D eigenvalue weighted by molar-refractivity contribution is 6.65. The minimum atomic E-state index is -0.471. The summed E-state index contributed by atoms with van der Waals surface area (Å²) in [6, 6.07) is 29.5. The third-order valence-corrected chi connectivity index (χ3v) is 7.85. The van der Waals surface area contributed by atoms with Crippen LogP contribution in [0.2, 0.25) is 0 Å². The summed E-state index contributed by atoms with van der Waals surface area (Å²) in [6.45, 7) is 8.38. The first kappa shape index (κ1) is 20.8. The summed E-state index contributed by atoms with van der Waals surface area (Å²) in [5.41, 5.74) is 5.18. The van der Waals surface area contributed by atoms with E-state index in [1.54, 1.807) is 0 Å². The Bertz CT molecular complexity index is 1740. The number of fused-ring (bicyclic) bond motifs is 7. The number of para-hydroxylation sites is 3. The van der Waals surface area contributed by atoms with Crippen molar-refractivity contribution < 1.29 is 13.7 Å². The van der Waals surface area contributed by atoms with E-state index < -0.39 is 18.3 Å². The zero-order valence-electron chi connectivity index (χ0n) is 20.3. The Morgan fingerprint density at radius 3 is 2.00 bits per heavy atom. The molecule has 5 heteroatoms. The molecule has 3 heterocycles. The lowest BCUT2D eigenvalue weighted by Gasteiger charge is -2.32. The van der Waals surface area contributed by atoms with Gasteiger partial charge in [0, 0.05) is 32.7 Å². The van der Waals surface area contributed by atoms with Crippen molar-refractivity contribution in [1.82, 2.24) is 4.57 Å². The van der Waals surface area contributed by atoms with Crippen molar-refractivity contribution in [3.8, 4) is 5.69 Å². The van der Waals surface area contributed by atoms with Crippen LogP contribution in [0.3, 0.4) is 0 Å². The van der Waals surface area contributed by atoms with Gasteiger partial charge in [0.15, 0.2) is 5.58 Å². The first-order valence-corrected chi connectivity index (χ1v) is 12.1. The standard InChI is InChI=1S/C30H26BNO3/c1-29(2)30(3,4)35-31(34-29)24-15-10-14-21-22-17-18-23-20-13-8-9-16-25(20)33-28(23)27(22)32(26(21)24)19-11-6-5-7-12-19/h5-18H,1-4H3. The summed E-state index contributed by atoms with van der Waals surface area (Å²) >= 11 is 0. The maximum atomic E-state index is 6.52. The summed E-state index contributed by atoms with van der Waals surface area (Å²) in [7, 11) is -0.471. The highest BCUT2D eigenvalue weighted by Gasteiger charge is 2.52. The van der Waals surface area contributed by atoms with Gasteiger partial charge in [-0.05, 0) is 52.0 Å². The highest BCUT2D eigenvalue weighted by atomic mass is 16.7. The molecule has 172 valence electrons. The molecule has 1 fully saturated rings. The summed E-state index contributed by atoms with van der Waals surface area (Å²) < 4.78 is 21.9. The molecule has 0 saturated carbocycles. The number of rotatable bonds is 2. The smallest absolute Gasteiger partial charge is 0.454 e. The zero-order valence-corrected chi connectivity index (χ0v) is 20.3. The van der Waals surface area contributed by atoms with Gasteiger partial charge in [0.05, 0.1) is 22.2 Å². The van der Waals surface area contributed by atoms with Crippen molar-refractivity contribution in [3.63, 3.8) is 0 Å². The van der Waals surface area contributed by atoms with Crippen LogP contribution in [-0.2, 0) is 9.31 Å². The molecule has 1 saturated heterocycles. The minimum absolute atomic E-state index is 0.421. The van der Waals surface area contributed by atoms with Gasteiger partial charge in [0.1, 0.15) is 5.58 Å². The Kier molecular flexibility index (Phi) is 4.16. The van der Waals surface area contributed by atoms with Crippen LogP contribution in [-0.4, -0.2) is 22.9 Å². The van der Waals surface area contributed by atoms with Crippen molar-refractivity contribution in [3.05, 3.63) is 84.9 Å². The fraction of sp³-hybridized carbons (Fsp3) is 0.200. The van der Waals surface area contributed by atoms with Crippen LogP contribution < -0.4 is 5.46 Å². The zero-order chi connectivity index (χ0) is 23.9. The number of aromatic nitrogens is 1. The van der Waals surface area contributed by atoms with Gasteiger partial charge in [-0.15, -0.1) is 0 Å². The summed E-state index contributed by atoms with van der Waals surface area (Å²) in [4.78, 5) is 0. The summed E-state index contributed by atoms with van der Waals surface area (Å²) in [6.07, 6.45) is 0. The number of hydrogen-bond acceptors (Lipinski definition) is 3. The molecule has 6 aromatic rings. The third-order valence-electron chi connectivity index (χ3n) is 7.85. The Labute approximate surface area is 204 Å². The Morgan fingerprint density at radius 1 is 0.600 bits per heavy atom. The van der Waals surface area contributed by atoms with E-state index >= 15 is 0 Å². The monoisotopic (exact) mass is 459 g/mol. The largest absolute Gasteiger partial charge is 0.497 e. The average molecular weight is 459 g/mol. The average Bonchev–Trinajstić information content (AvgIpc) is 3.46. The second-order valence-corrected chi connectivity index (χ2v) is 10.4. The predicted molar refractivity (Wildman–Crippen MR) is 144 cm³/mol. The van der Waals surface area contributed by atoms with Crippen LogP contribution >= 0.6 is 0 Å². The molecule has 0 aliphatic carbocycles. The maximum Gasteiger partial charge on any atom is 0.497 e. The van der Waals surface area contributed by atoms with Crippen LogP contribution in [0.5, 0.6) is 0 Å². The fourth-order valence-corrected chi connectivity index (χ4v) is 5.35. The second-order valence-electron chi connectivity index (χ2n) is 10.4. The predicted octanol–water partition coefficient (Wildman–Crippen LogP) is 6.98. The second kappa shape index (κ2) is 7.00. The van der Waals surface area contributed by atoms with Crippen LogP contribution in [0.1, 0.15) is 27.7 Å². The van der Waals surface area contributed by atoms with Crippen LogP contribution in [0.15, 0.2) is 89.3 Å². The van der Waals surface area contributed by atoms with Crippen molar-refractivity contribution in [2.24, 2.45) is 0 Å². The quantitative estimate of drug-likeness (QED) is 0.262. The van der Waals surface area contributed by atoms with E-state index in [1.165, 1.54) is 0 Å². The van der Waals surface area contributed by atoms with E-state index in [9.17, 15) is 0 Å². The molecule has 4 nitrogen and oxygen atoms in total. The lowest BCUT2D eigenvalue weighted by molar-refractivity contribution is 0.00578. The summed E-state index contributed by atoms with van der Waals surface area (Å²) in [5.74, 6) is 0. The molecule has 1 aliphatic rings. The molecule has 0 bridgehead atoms. The fourth-order valence-electron chi connectivity index (χ4n) is 5.35. The lowest BCUT2D eigenvalue weighted by Crippen LogP contribution is -2.41. The number of nitrogens with zero attached hydrogens (tertiary/aromatic N) is 1. The molecule has 0 unspecified atom stereocenters. The van der Waals surface area contributed by atoms with E-state index in [2.05, 4.69) is 99.0 Å². The number of hydrogen-bond donors (Lipinski definition) is 0. The van der Waals surface area contributed by atoms with Crippen LogP contribution in [0.25, 0.3) is 49.4 Å². The summed E-state index contributed by atoms with van der Waals surface area (Å²) in [5, 5.41) is 4.54. The van der Waals surface area contributed by atoms with Gasteiger partial charge in [-0.25, -0.2) is 0 Å².